The summed E-state index contributed by atoms with van der Waals surface area (Å²) >= 11 is 0. The smallest absolute Gasteiger partial charge is 0.320 e. The van der Waals surface area contributed by atoms with E-state index in [0.29, 0.717) is 6.42 Å². The van der Waals surface area contributed by atoms with Gasteiger partial charge in [0.25, 0.3) is 0 Å². The summed E-state index contributed by atoms with van der Waals surface area (Å²) in [6.45, 7) is 7.74. The third-order valence-corrected chi connectivity index (χ3v) is 1.06. The molecule has 0 aromatic carbocycles. The first-order chi connectivity index (χ1) is 5.74. The predicted molar refractivity (Wildman–Crippen MR) is 54.5 cm³/mol. The second kappa shape index (κ2) is 6.86. The minimum Gasteiger partial charge on any atom is -0.480 e. The summed E-state index contributed by atoms with van der Waals surface area (Å²) in [6, 6.07) is -0.847. The molecule has 0 amide bonds. The van der Waals surface area contributed by atoms with Crippen molar-refractivity contribution in [1.82, 2.24) is 0 Å². The van der Waals surface area contributed by atoms with Crippen LogP contribution >= 0.6 is 0 Å². The van der Waals surface area contributed by atoms with E-state index in [9.17, 15) is 4.79 Å². The van der Waals surface area contributed by atoms with Crippen LogP contribution < -0.4 is 11.5 Å². The predicted octanol–water partition coefficient (Wildman–Crippen LogP) is 0.942. The van der Waals surface area contributed by atoms with Crippen molar-refractivity contribution in [2.45, 2.75) is 52.1 Å². The molecule has 13 heavy (non-hydrogen) atoms. The van der Waals surface area contributed by atoms with Gasteiger partial charge in [-0.25, -0.2) is 0 Å². The first kappa shape index (κ1) is 14.9. The Bertz CT molecular complexity index is 141. The zero-order chi connectivity index (χ0) is 11.1. The van der Waals surface area contributed by atoms with Crippen LogP contribution in [0.15, 0.2) is 0 Å². The van der Waals surface area contributed by atoms with Crippen LogP contribution in [0.4, 0.5) is 0 Å². The van der Waals surface area contributed by atoms with E-state index in [-0.39, 0.29) is 0 Å². The van der Waals surface area contributed by atoms with Crippen molar-refractivity contribution in [1.29, 1.82) is 0 Å². The molecule has 0 spiro atoms. The van der Waals surface area contributed by atoms with E-state index in [1.54, 1.807) is 13.8 Å². The summed E-state index contributed by atoms with van der Waals surface area (Å²) in [5, 5.41) is 8.36. The molecule has 0 bridgehead atoms. The molecule has 0 aliphatic rings. The van der Waals surface area contributed by atoms with Gasteiger partial charge in [-0.1, -0.05) is 20.3 Å². The number of hydrogen-bond acceptors (Lipinski definition) is 3. The van der Waals surface area contributed by atoms with Crippen LogP contribution in [0.2, 0.25) is 0 Å². The molecule has 80 valence electrons. The molecule has 0 radical (unpaired) electrons. The Morgan fingerprint density at radius 1 is 1.46 bits per heavy atom. The lowest BCUT2D eigenvalue weighted by Crippen LogP contribution is -2.43. The van der Waals surface area contributed by atoms with Gasteiger partial charge in [-0.3, -0.25) is 4.79 Å². The van der Waals surface area contributed by atoms with Gasteiger partial charge in [0.05, 0.1) is 0 Å². The lowest BCUT2D eigenvalue weighted by molar-refractivity contribution is -0.139. The molecule has 4 heteroatoms. The fourth-order valence-electron chi connectivity index (χ4n) is 0.654. The van der Waals surface area contributed by atoms with Crippen LogP contribution in [0.1, 0.15) is 40.5 Å². The highest BCUT2D eigenvalue weighted by molar-refractivity contribution is 5.73. The largest absolute Gasteiger partial charge is 0.480 e. The molecular weight excluding hydrogens is 168 g/mol. The van der Waals surface area contributed by atoms with Gasteiger partial charge in [0.2, 0.25) is 0 Å². The third kappa shape index (κ3) is 14.3. The zero-order valence-electron chi connectivity index (χ0n) is 9.00. The molecule has 0 saturated heterocycles. The maximum absolute atomic E-state index is 10.2. The molecule has 0 aromatic rings. The molecular formula is C9H22N2O2. The molecule has 0 aromatic heterocycles. The van der Waals surface area contributed by atoms with Crippen molar-refractivity contribution in [3.05, 3.63) is 0 Å². The number of aliphatic carboxylic acids is 1. The maximum Gasteiger partial charge on any atom is 0.320 e. The number of carboxylic acid groups (broad SMARTS) is 1. The highest BCUT2D eigenvalue weighted by Crippen LogP contribution is 2.05. The highest BCUT2D eigenvalue weighted by Gasteiger charge is 2.20. The summed E-state index contributed by atoms with van der Waals surface area (Å²) in [7, 11) is 0. The van der Waals surface area contributed by atoms with Crippen LogP contribution in [-0.2, 0) is 4.79 Å². The number of hydrogen-bond donors (Lipinski definition) is 3. The number of nitrogens with two attached hydrogens (primary N) is 2. The summed E-state index contributed by atoms with van der Waals surface area (Å²) < 4.78 is 0. The molecule has 0 aliphatic carbocycles. The average Bonchev–Trinajstić information content (AvgIpc) is 1.84. The van der Waals surface area contributed by atoms with Gasteiger partial charge in [-0.15, -0.1) is 0 Å². The van der Waals surface area contributed by atoms with Crippen LogP contribution in [-0.4, -0.2) is 22.7 Å². The van der Waals surface area contributed by atoms with Crippen molar-refractivity contribution >= 4 is 5.97 Å². The molecule has 1 atom stereocenters. The van der Waals surface area contributed by atoms with Gasteiger partial charge in [-0.05, 0) is 20.3 Å². The van der Waals surface area contributed by atoms with E-state index in [0.717, 1.165) is 0 Å². The summed E-state index contributed by atoms with van der Waals surface area (Å²) in [4.78, 5) is 10.2. The van der Waals surface area contributed by atoms with Crippen molar-refractivity contribution < 1.29 is 9.90 Å². The van der Waals surface area contributed by atoms with Crippen LogP contribution in [0, 0.1) is 0 Å². The quantitative estimate of drug-likeness (QED) is 0.618. The van der Waals surface area contributed by atoms with Gasteiger partial charge in [-0.2, -0.15) is 0 Å². The van der Waals surface area contributed by atoms with Gasteiger partial charge in [0.15, 0.2) is 0 Å². The van der Waals surface area contributed by atoms with Crippen LogP contribution in [0.25, 0.3) is 0 Å². The molecule has 0 saturated carbocycles. The highest BCUT2D eigenvalue weighted by atomic mass is 16.4. The average molecular weight is 190 g/mol. The molecule has 0 rings (SSSR count). The Morgan fingerprint density at radius 3 is 1.85 bits per heavy atom. The Labute approximate surface area is 80.3 Å². The summed E-state index contributed by atoms with van der Waals surface area (Å²) in [5.74, 6) is -1.00. The van der Waals surface area contributed by atoms with Crippen molar-refractivity contribution in [3.63, 3.8) is 0 Å². The molecule has 0 heterocycles. The zero-order valence-corrected chi connectivity index (χ0v) is 9.00. The van der Waals surface area contributed by atoms with Gasteiger partial charge in [0.1, 0.15) is 6.04 Å². The standard InChI is InChI=1S/C6H14N2O2.C3H8/c1-6(2,8)3-4(7)5(9)10;1-3-2/h4H,3,7-8H2,1-2H3,(H,9,10);3H2,1-2H3. The minimum atomic E-state index is -1.00. The molecule has 0 aliphatic heterocycles. The van der Waals surface area contributed by atoms with E-state index < -0.39 is 17.6 Å². The fraction of sp³-hybridized carbons (Fsp3) is 0.889. The molecule has 1 unspecified atom stereocenters. The first-order valence-corrected chi connectivity index (χ1v) is 4.51. The number of rotatable bonds is 3. The van der Waals surface area contributed by atoms with Crippen molar-refractivity contribution in [2.75, 3.05) is 0 Å². The lowest BCUT2D eigenvalue weighted by Gasteiger charge is -2.20. The lowest BCUT2D eigenvalue weighted by atomic mass is 9.97. The van der Waals surface area contributed by atoms with E-state index >= 15 is 0 Å². The van der Waals surface area contributed by atoms with Crippen LogP contribution in [0.5, 0.6) is 0 Å². The molecule has 4 nitrogen and oxygen atoms in total. The van der Waals surface area contributed by atoms with Crippen molar-refractivity contribution in [3.8, 4) is 0 Å². The minimum absolute atomic E-state index is 0.294. The van der Waals surface area contributed by atoms with E-state index in [4.69, 9.17) is 16.6 Å². The van der Waals surface area contributed by atoms with Gasteiger partial charge in [0, 0.05) is 5.54 Å². The topological polar surface area (TPSA) is 89.3 Å². The fourth-order valence-corrected chi connectivity index (χ4v) is 0.654. The summed E-state index contributed by atoms with van der Waals surface area (Å²) in [5.41, 5.74) is 10.3. The van der Waals surface area contributed by atoms with Gasteiger partial charge >= 0.3 is 5.97 Å². The monoisotopic (exact) mass is 190 g/mol. The number of carbonyl (C=O) groups is 1. The third-order valence-electron chi connectivity index (χ3n) is 1.06. The maximum atomic E-state index is 10.2. The van der Waals surface area contributed by atoms with E-state index in [1.807, 2.05) is 0 Å². The number of carboxylic acids is 1. The SMILES string of the molecule is CC(C)(N)CC(N)C(=O)O.CCC. The van der Waals surface area contributed by atoms with E-state index in [1.165, 1.54) is 6.42 Å². The molecule has 5 N–H and O–H groups in total. The molecule has 0 fully saturated rings. The Hall–Kier alpha value is -0.610. The van der Waals surface area contributed by atoms with E-state index in [2.05, 4.69) is 13.8 Å². The Balaban J connectivity index is 0. The van der Waals surface area contributed by atoms with Gasteiger partial charge < -0.3 is 16.6 Å². The second-order valence-electron chi connectivity index (χ2n) is 3.84. The Kier molecular flexibility index (Phi) is 7.85. The normalized spacial score (nSPS) is 12.8. The van der Waals surface area contributed by atoms with Crippen molar-refractivity contribution in [2.24, 2.45) is 11.5 Å². The first-order valence-electron chi connectivity index (χ1n) is 4.51. The summed E-state index contributed by atoms with van der Waals surface area (Å²) in [6.07, 6.45) is 1.54. The Morgan fingerprint density at radius 2 is 1.77 bits per heavy atom. The van der Waals surface area contributed by atoms with Crippen LogP contribution in [0.3, 0.4) is 0 Å². The second-order valence-corrected chi connectivity index (χ2v) is 3.84.